The van der Waals surface area contributed by atoms with Gasteiger partial charge in [0, 0.05) is 22.9 Å². The number of aliphatic hydroxyl groups excluding tert-OH is 1. The van der Waals surface area contributed by atoms with Crippen LogP contribution in [0.1, 0.15) is 129 Å². The number of alkyl halides is 2. The summed E-state index contributed by atoms with van der Waals surface area (Å²) < 4.78 is 63.5. The minimum absolute atomic E-state index is 0. The molecule has 22 nitrogen and oxygen atoms in total. The molecule has 0 aromatic carbocycles. The molecule has 0 spiro atoms. The number of likely N-dealkylation sites (tertiary alicyclic amines) is 1. The van der Waals surface area contributed by atoms with Crippen LogP contribution in [0.25, 0.3) is 22.3 Å². The first kappa shape index (κ1) is 68.9. The number of Topliss-reactive ketones (excluding diaryl/α,β-unsaturated/α-hetero) is 1. The Hall–Kier alpha value is -3.39. The van der Waals surface area contributed by atoms with Crippen molar-refractivity contribution in [2.24, 2.45) is 11.8 Å². The predicted octanol–water partition coefficient (Wildman–Crippen LogP) is 4.04. The molecule has 3 aliphatic heterocycles. The minimum atomic E-state index is -2.17. The maximum atomic E-state index is 14.9. The Morgan fingerprint density at radius 1 is 0.782 bits per heavy atom. The number of aliphatic hydroxyl groups is 1. The summed E-state index contributed by atoms with van der Waals surface area (Å²) in [5, 5.41) is 15.4. The van der Waals surface area contributed by atoms with Gasteiger partial charge in [-0.05, 0) is 90.3 Å². The van der Waals surface area contributed by atoms with Crippen molar-refractivity contribution >= 4 is 80.3 Å². The van der Waals surface area contributed by atoms with Gasteiger partial charge in [-0.15, -0.1) is 0 Å². The number of rotatable bonds is 12. The number of aromatic amines is 2. The van der Waals surface area contributed by atoms with E-state index in [-0.39, 0.29) is 111 Å². The molecule has 28 heteroatoms. The molecule has 0 unspecified atom stereocenters. The van der Waals surface area contributed by atoms with Gasteiger partial charge in [0.25, 0.3) is 11.1 Å². The number of hydrogen-bond acceptors (Lipinski definition) is 16. The van der Waals surface area contributed by atoms with E-state index in [1.54, 1.807) is 27.7 Å². The molecule has 2 amide bonds. The number of ether oxygens (including phenoxy) is 2. The van der Waals surface area contributed by atoms with Crippen molar-refractivity contribution in [3.63, 3.8) is 0 Å². The number of ketones is 1. The van der Waals surface area contributed by atoms with Gasteiger partial charge in [-0.25, -0.2) is 30.6 Å². The van der Waals surface area contributed by atoms with Crippen LogP contribution in [0.3, 0.4) is 0 Å². The molecule has 0 saturated carbocycles. The van der Waals surface area contributed by atoms with Crippen LogP contribution in [-0.2, 0) is 32.7 Å². The van der Waals surface area contributed by atoms with Crippen LogP contribution in [-0.4, -0.2) is 145 Å². The fourth-order valence-electron chi connectivity index (χ4n) is 7.99. The Morgan fingerprint density at radius 2 is 1.18 bits per heavy atom. The normalized spacial score (nSPS) is 23.5. The van der Waals surface area contributed by atoms with E-state index in [1.807, 2.05) is 13.1 Å². The third-order valence-electron chi connectivity index (χ3n) is 15.6. The molecule has 0 radical (unpaired) electrons. The number of amides is 2. The average molecular weight is 1170 g/mol. The molecule has 0 bridgehead atoms. The Kier molecular flexibility index (Phi) is 23.6. The zero-order valence-electron chi connectivity index (χ0n) is 49.2. The fourth-order valence-corrected chi connectivity index (χ4v) is 10.0. The molecule has 4 aromatic rings. The zero-order valence-corrected chi connectivity index (χ0v) is 53.9. The number of piperidine rings is 1. The van der Waals surface area contributed by atoms with Crippen LogP contribution in [0.4, 0.5) is 20.7 Å². The summed E-state index contributed by atoms with van der Waals surface area (Å²) in [4.78, 5) is 85.2. The van der Waals surface area contributed by atoms with Crippen molar-refractivity contribution in [1.82, 2.24) is 43.9 Å². The van der Waals surface area contributed by atoms with E-state index in [0.29, 0.717) is 11.1 Å². The van der Waals surface area contributed by atoms with E-state index in [0.717, 1.165) is 0 Å². The third kappa shape index (κ3) is 16.0. The number of hydrogen-bond donors (Lipinski definition) is 5. The third-order valence-corrected chi connectivity index (χ3v) is 24.6. The first-order chi connectivity index (χ1) is 35.3. The van der Waals surface area contributed by atoms with E-state index in [4.69, 9.17) is 23.0 Å². The van der Waals surface area contributed by atoms with E-state index in [1.165, 1.54) is 41.1 Å². The van der Waals surface area contributed by atoms with Gasteiger partial charge in [-0.2, -0.15) is 9.97 Å². The van der Waals surface area contributed by atoms with Crippen LogP contribution in [0.2, 0.25) is 36.3 Å². The quantitative estimate of drug-likeness (QED) is 0.125. The maximum Gasteiger partial charge on any atom is 1.00 e. The number of carbonyl (C=O) groups excluding carboxylic acids is 3. The van der Waals surface area contributed by atoms with Crippen molar-refractivity contribution in [2.75, 3.05) is 30.9 Å². The van der Waals surface area contributed by atoms with Crippen molar-refractivity contribution in [3.8, 4) is 0 Å². The number of imidazole rings is 2. The molecule has 5 N–H and O–H groups in total. The molecule has 7 rings (SSSR count). The van der Waals surface area contributed by atoms with Gasteiger partial charge < -0.3 is 28.1 Å². The van der Waals surface area contributed by atoms with Crippen molar-refractivity contribution in [2.45, 2.75) is 207 Å². The average Bonchev–Trinajstić information content (AvgIpc) is 4.08. The Labute approximate surface area is 485 Å². The minimum Gasteiger partial charge on any atom is -0.769 e. The van der Waals surface area contributed by atoms with Crippen molar-refractivity contribution in [3.05, 3.63) is 33.4 Å². The van der Waals surface area contributed by atoms with Crippen molar-refractivity contribution in [1.29, 1.82) is 0 Å². The second-order valence-electron chi connectivity index (χ2n) is 24.8. The molecule has 7 atom stereocenters. The van der Waals surface area contributed by atoms with E-state index in [9.17, 15) is 37.9 Å². The summed E-state index contributed by atoms with van der Waals surface area (Å²) in [7, 11) is -2.06. The SMILES string of the molecule is CC(C)C(=O)Nc1nc2c(ncn2[C@@H]2O[C@H](CO[Si](C)(C)C(C)(C)C)[C@@H](F)C2=O)c(=O)[nH]1.CC(C)C(=O)Nc1nc2c(ncn2[C@@H]2O[C@H](CO[Si](C)(C)C(C)(C)C)[C@@H](F)[C@H]2O)c(=O)[nH]1.CN1C(C)(C)CCCC1(C)C.[Na+].[O-]Cl. The monoisotopic (exact) mass is 1170 g/mol. The molecular formula is C50H83ClF2N11NaO11Si2. The van der Waals surface area contributed by atoms with Crippen molar-refractivity contribution < 1.29 is 80.8 Å². The van der Waals surface area contributed by atoms with Gasteiger partial charge in [-0.3, -0.25) is 58.6 Å². The number of carbonyl (C=O) groups is 3. The predicted molar refractivity (Wildman–Crippen MR) is 294 cm³/mol. The summed E-state index contributed by atoms with van der Waals surface area (Å²) in [5.41, 5.74) is -0.370. The van der Waals surface area contributed by atoms with Gasteiger partial charge in [0.05, 0.1) is 25.9 Å². The summed E-state index contributed by atoms with van der Waals surface area (Å²) in [5.74, 6) is -2.30. The fraction of sp³-hybridized carbons (Fsp3) is 0.740. The van der Waals surface area contributed by atoms with Crippen LogP contribution >= 0.6 is 11.9 Å². The number of nitrogens with one attached hydrogen (secondary N) is 4. The van der Waals surface area contributed by atoms with E-state index >= 15 is 0 Å². The first-order valence-corrected chi connectivity index (χ1v) is 32.0. The van der Waals surface area contributed by atoms with Crippen LogP contribution in [0, 0.1) is 11.8 Å². The van der Waals surface area contributed by atoms with Crippen LogP contribution < -0.4 is 56.0 Å². The van der Waals surface area contributed by atoms with E-state index < -0.39 is 76.6 Å². The Balaban J connectivity index is 0.000000331. The smallest absolute Gasteiger partial charge is 0.769 e. The molecule has 3 fully saturated rings. The number of halogens is 3. The number of nitrogens with zero attached hydrogens (tertiary/aromatic N) is 7. The van der Waals surface area contributed by atoms with E-state index in [2.05, 4.69) is 147 Å². The number of H-pyrrole nitrogens is 2. The molecule has 7 heterocycles. The number of fused-ring (bicyclic) bond motifs is 2. The second-order valence-corrected chi connectivity index (χ2v) is 34.4. The number of anilines is 2. The van der Waals surface area contributed by atoms with Crippen LogP contribution in [0.5, 0.6) is 0 Å². The first-order valence-electron chi connectivity index (χ1n) is 25.9. The summed E-state index contributed by atoms with van der Waals surface area (Å²) in [6.07, 6.45) is -3.11. The van der Waals surface area contributed by atoms with Gasteiger partial charge in [0.2, 0.25) is 29.5 Å². The summed E-state index contributed by atoms with van der Waals surface area (Å²) in [6, 6.07) is 0. The number of aromatic nitrogens is 8. The molecule has 3 aliphatic rings. The molecular weight excluding hydrogens is 1080 g/mol. The Bertz CT molecular complexity index is 2800. The maximum absolute atomic E-state index is 14.9. The van der Waals surface area contributed by atoms with Crippen LogP contribution in [0.15, 0.2) is 22.2 Å². The van der Waals surface area contributed by atoms with Gasteiger partial charge in [-0.1, -0.05) is 69.2 Å². The molecule has 3 saturated heterocycles. The summed E-state index contributed by atoms with van der Waals surface area (Å²) in [6.45, 7) is 36.7. The van der Waals surface area contributed by atoms with Gasteiger partial charge >= 0.3 is 29.6 Å². The largest absolute Gasteiger partial charge is 1.00 e. The zero-order chi connectivity index (χ0) is 58.7. The molecule has 4 aromatic heterocycles. The molecule has 0 aliphatic carbocycles. The van der Waals surface area contributed by atoms with Gasteiger partial charge in [0.1, 0.15) is 18.3 Å². The second kappa shape index (κ2) is 26.7. The Morgan fingerprint density at radius 3 is 1.58 bits per heavy atom. The molecule has 78 heavy (non-hydrogen) atoms. The topological polar surface area (TPSA) is 286 Å². The van der Waals surface area contributed by atoms with Gasteiger partial charge in [0.15, 0.2) is 63.8 Å². The summed E-state index contributed by atoms with van der Waals surface area (Å²) >= 11 is 3.39. The standard InChI is InChI=1S/C20H32FN5O5Si.C20H30FN5O5Si.C10H21N.ClO.Na/c2*1-10(2)16(28)24-19-23-15-13(17(29)25-19)22-9-26(15)18-14(27)12(21)11(31-18)8-30-32(6,7)20(3,4)5;1-9(2)7-6-8-10(3,4)11(9)5;1-2;/h9-12,14,18,27H,8H2,1-7H3,(H2,23,24,25,28,29);9-12,18H,8H2,1-7H3,(H2,23,24,25,28,29);6-8H2,1-5H3;;/q;;;-1;+1/t11-,12-,14-,18-;11-,12-,18-;;;/m11.../s1. The molecule has 434 valence electrons.